The number of rotatable bonds is 2. The Hall–Kier alpha value is 0.690. The summed E-state index contributed by atoms with van der Waals surface area (Å²) in [5.41, 5.74) is 0. The Balaban J connectivity index is -0.000000405. The van der Waals surface area contributed by atoms with Crippen molar-refractivity contribution in [2.45, 2.75) is 0 Å². The largest absolute Gasteiger partial charge is 1.00 e. The van der Waals surface area contributed by atoms with E-state index in [1.165, 1.54) is 0 Å². The molecule has 0 unspecified atom stereocenters. The summed E-state index contributed by atoms with van der Waals surface area (Å²) < 4.78 is 16.3. The molecule has 58 valence electrons. The van der Waals surface area contributed by atoms with Crippen LogP contribution in [0.5, 0.6) is 0 Å². The van der Waals surface area contributed by atoms with Crippen LogP contribution in [0.2, 0.25) is 0 Å². The minimum Gasteiger partial charge on any atom is -0.441 e. The molecule has 0 aliphatic carbocycles. The van der Waals surface area contributed by atoms with Gasteiger partial charge in [-0.3, -0.25) is 0 Å². The van der Waals surface area contributed by atoms with E-state index in [2.05, 4.69) is 8.37 Å². The summed E-state index contributed by atoms with van der Waals surface area (Å²) in [7, 11) is 0. The Bertz CT molecular complexity index is 162. The van der Waals surface area contributed by atoms with Gasteiger partial charge in [-0.2, -0.15) is 0 Å². The van der Waals surface area contributed by atoms with Crippen LogP contribution in [0.3, 0.4) is 0 Å². The SMILES string of the molecule is O=C([O-])OS(=O)OC(=O)[O-].[Na+].[Na+]. The second-order valence-electron chi connectivity index (χ2n) is 0.871. The van der Waals surface area contributed by atoms with Crippen LogP contribution in [-0.2, 0) is 19.7 Å². The molecule has 0 rings (SSSR count). The van der Waals surface area contributed by atoms with Crippen molar-refractivity contribution in [3.05, 3.63) is 0 Å². The summed E-state index contributed by atoms with van der Waals surface area (Å²) in [4.78, 5) is 18.7. The predicted molar refractivity (Wildman–Crippen MR) is 21.1 cm³/mol. The molecule has 12 heavy (non-hydrogen) atoms. The molecule has 0 saturated carbocycles. The fourth-order valence-corrected chi connectivity index (χ4v) is 0.384. The van der Waals surface area contributed by atoms with Crippen LogP contribution in [0.4, 0.5) is 9.59 Å². The molecule has 0 saturated heterocycles. The van der Waals surface area contributed by atoms with Crippen molar-refractivity contribution in [2.24, 2.45) is 0 Å². The molecule has 0 aromatic heterocycles. The molecule has 0 atom stereocenters. The first-order chi connectivity index (χ1) is 4.52. The summed E-state index contributed by atoms with van der Waals surface area (Å²) in [6, 6.07) is 0. The van der Waals surface area contributed by atoms with Crippen LogP contribution in [0.15, 0.2) is 0 Å². The van der Waals surface area contributed by atoms with Crippen molar-refractivity contribution in [2.75, 3.05) is 0 Å². The molecule has 0 aliphatic heterocycles. The number of hydrogen-bond acceptors (Lipinski definition) is 7. The second-order valence-corrected chi connectivity index (χ2v) is 1.61. The van der Waals surface area contributed by atoms with E-state index in [4.69, 9.17) is 0 Å². The summed E-state index contributed by atoms with van der Waals surface area (Å²) in [6.45, 7) is 0. The van der Waals surface area contributed by atoms with Gasteiger partial charge in [0.25, 0.3) is 23.7 Å². The second kappa shape index (κ2) is 9.78. The van der Waals surface area contributed by atoms with E-state index in [0.717, 1.165) is 0 Å². The van der Waals surface area contributed by atoms with Crippen LogP contribution in [0, 0.1) is 0 Å². The Kier molecular flexibility index (Phi) is 15.0. The van der Waals surface area contributed by atoms with Gasteiger partial charge in [0.05, 0.1) is 0 Å². The summed E-state index contributed by atoms with van der Waals surface area (Å²) in [5.74, 6) is 0. The van der Waals surface area contributed by atoms with Crippen LogP contribution in [0.25, 0.3) is 0 Å². The molecule has 0 bridgehead atoms. The smallest absolute Gasteiger partial charge is 0.441 e. The van der Waals surface area contributed by atoms with Crippen LogP contribution >= 0.6 is 0 Å². The Morgan fingerprint density at radius 1 is 1.00 bits per heavy atom. The number of carbonyl (C=O) groups excluding carboxylic acids is 2. The van der Waals surface area contributed by atoms with Gasteiger partial charge in [0.2, 0.25) is 0 Å². The van der Waals surface area contributed by atoms with Gasteiger partial charge in [0.15, 0.2) is 0 Å². The van der Waals surface area contributed by atoms with E-state index < -0.39 is 23.7 Å². The van der Waals surface area contributed by atoms with Crippen LogP contribution in [-0.4, -0.2) is 16.5 Å². The molecule has 0 amide bonds. The van der Waals surface area contributed by atoms with Crippen LogP contribution < -0.4 is 69.3 Å². The van der Waals surface area contributed by atoms with Crippen LogP contribution in [0.1, 0.15) is 0 Å². The van der Waals surface area contributed by atoms with Crippen molar-refractivity contribution < 1.29 is 91.5 Å². The zero-order valence-electron chi connectivity index (χ0n) is 6.27. The van der Waals surface area contributed by atoms with Gasteiger partial charge in [-0.15, -0.1) is 0 Å². The predicted octanol–water partition coefficient (Wildman–Crippen LogP) is -8.71. The van der Waals surface area contributed by atoms with E-state index in [0.29, 0.717) is 0 Å². The van der Waals surface area contributed by atoms with Crippen molar-refractivity contribution in [1.82, 2.24) is 0 Å². The summed E-state index contributed by atoms with van der Waals surface area (Å²) >= 11 is -2.90. The molecule has 0 heterocycles. The molecular weight excluding hydrogens is 214 g/mol. The van der Waals surface area contributed by atoms with E-state index >= 15 is 0 Å². The quantitative estimate of drug-likeness (QED) is 0.419. The molecule has 0 radical (unpaired) electrons. The normalized spacial score (nSPS) is 7.42. The first-order valence-electron chi connectivity index (χ1n) is 1.72. The van der Waals surface area contributed by atoms with E-state index in [-0.39, 0.29) is 59.1 Å². The fraction of sp³-hybridized carbons (Fsp3) is 0. The molecule has 7 nitrogen and oxygen atoms in total. The van der Waals surface area contributed by atoms with Crippen molar-refractivity contribution in [3.63, 3.8) is 0 Å². The maximum atomic E-state index is 9.89. The molecule has 0 N–H and O–H groups in total. The van der Waals surface area contributed by atoms with Gasteiger partial charge in [0, 0.05) is 0 Å². The van der Waals surface area contributed by atoms with Gasteiger partial charge in [0.1, 0.15) is 0 Å². The third-order valence-corrected chi connectivity index (χ3v) is 0.816. The van der Waals surface area contributed by atoms with Crippen molar-refractivity contribution in [1.29, 1.82) is 0 Å². The minimum atomic E-state index is -2.90. The summed E-state index contributed by atoms with van der Waals surface area (Å²) in [5, 5.41) is 18.7. The maximum absolute atomic E-state index is 9.89. The first kappa shape index (κ1) is 18.5. The number of hydrogen-bond donors (Lipinski definition) is 0. The Morgan fingerprint density at radius 2 is 1.25 bits per heavy atom. The van der Waals surface area contributed by atoms with Gasteiger partial charge >= 0.3 is 59.1 Å². The fourth-order valence-electron chi connectivity index (χ4n) is 0.128. The number of carbonyl (C=O) groups is 2. The third-order valence-electron chi connectivity index (χ3n) is 0.272. The molecular formula is C2Na2O7S. The van der Waals surface area contributed by atoms with Crippen molar-refractivity contribution in [3.8, 4) is 0 Å². The molecule has 10 heteroatoms. The van der Waals surface area contributed by atoms with Gasteiger partial charge in [-0.1, -0.05) is 0 Å². The minimum absolute atomic E-state index is 0. The molecule has 0 aliphatic rings. The monoisotopic (exact) mass is 214 g/mol. The van der Waals surface area contributed by atoms with E-state index in [9.17, 15) is 24.0 Å². The standard InChI is InChI=1S/C2H2O7S.2Na/c3-1(4)8-10(7)9-2(5)6;;/h(H,3,4)(H,5,6);;/q;2*+1/p-2. The molecule has 0 aromatic carbocycles. The van der Waals surface area contributed by atoms with Gasteiger partial charge in [-0.25, -0.2) is 4.21 Å². The average molecular weight is 214 g/mol. The molecule has 0 aromatic rings. The van der Waals surface area contributed by atoms with Gasteiger partial charge < -0.3 is 28.2 Å². The average Bonchev–Trinajstić information content (AvgIpc) is 1.58. The molecule has 0 spiro atoms. The third kappa shape index (κ3) is 13.3. The van der Waals surface area contributed by atoms with E-state index in [1.54, 1.807) is 0 Å². The Labute approximate surface area is 114 Å². The zero-order valence-corrected chi connectivity index (χ0v) is 11.1. The topological polar surface area (TPSA) is 116 Å². The van der Waals surface area contributed by atoms with Crippen molar-refractivity contribution >= 4 is 23.7 Å². The first-order valence-corrected chi connectivity index (χ1v) is 2.72. The number of carboxylic acid groups (broad SMARTS) is 2. The molecule has 0 fully saturated rings. The zero-order chi connectivity index (χ0) is 8.15. The summed E-state index contributed by atoms with van der Waals surface area (Å²) in [6.07, 6.45) is -4.31. The Morgan fingerprint density at radius 3 is 1.42 bits per heavy atom. The van der Waals surface area contributed by atoms with Gasteiger partial charge in [-0.05, 0) is 0 Å². The van der Waals surface area contributed by atoms with E-state index in [1.807, 2.05) is 0 Å². The maximum Gasteiger partial charge on any atom is 1.00 e.